The minimum atomic E-state index is -4.63. The Morgan fingerprint density at radius 1 is 0.968 bits per heavy atom. The van der Waals surface area contributed by atoms with E-state index in [4.69, 9.17) is 34.8 Å². The Bertz CT molecular complexity index is 932. The van der Waals surface area contributed by atoms with E-state index in [1.807, 2.05) is 0 Å². The molecular weight excluding hydrogens is 491 g/mol. The smallest absolute Gasteiger partial charge is 0.378 e. The van der Waals surface area contributed by atoms with Crippen molar-refractivity contribution in [1.29, 1.82) is 0 Å². The Morgan fingerprint density at radius 2 is 1.52 bits per heavy atom. The molecule has 0 bridgehead atoms. The fourth-order valence-corrected chi connectivity index (χ4v) is 3.18. The molecule has 0 radical (unpaired) electrons. The number of allylic oxidation sites excluding steroid dienone is 1. The summed E-state index contributed by atoms with van der Waals surface area (Å²) >= 11 is 17.5. The lowest BCUT2D eigenvalue weighted by Gasteiger charge is -2.18. The fourth-order valence-electron chi connectivity index (χ4n) is 2.57. The van der Waals surface area contributed by atoms with Crippen molar-refractivity contribution in [3.63, 3.8) is 0 Å². The van der Waals surface area contributed by atoms with Crippen molar-refractivity contribution in [2.24, 2.45) is 0 Å². The van der Waals surface area contributed by atoms with E-state index >= 15 is 0 Å². The number of hydrogen-bond acceptors (Lipinski definition) is 2. The van der Waals surface area contributed by atoms with Gasteiger partial charge >= 0.3 is 12.4 Å². The van der Waals surface area contributed by atoms with Gasteiger partial charge in [0.25, 0.3) is 0 Å². The highest BCUT2D eigenvalue weighted by Crippen LogP contribution is 2.41. The lowest BCUT2D eigenvalue weighted by Crippen LogP contribution is -2.21. The molecule has 2 aromatic rings. The molecule has 0 saturated heterocycles. The van der Waals surface area contributed by atoms with Crippen molar-refractivity contribution in [3.8, 4) is 0 Å². The monoisotopic (exact) mass is 503 g/mol. The van der Waals surface area contributed by atoms with Gasteiger partial charge in [-0.15, -0.1) is 0 Å². The van der Waals surface area contributed by atoms with E-state index in [1.54, 1.807) is 0 Å². The van der Waals surface area contributed by atoms with E-state index in [1.165, 1.54) is 30.3 Å². The van der Waals surface area contributed by atoms with Crippen LogP contribution in [0.15, 0.2) is 42.5 Å². The lowest BCUT2D eigenvalue weighted by molar-refractivity contribution is -0.151. The van der Waals surface area contributed by atoms with Crippen LogP contribution in [-0.4, -0.2) is 24.7 Å². The summed E-state index contributed by atoms with van der Waals surface area (Å²) < 4.78 is 77.1. The van der Waals surface area contributed by atoms with Gasteiger partial charge in [0.1, 0.15) is 6.42 Å². The number of rotatable bonds is 7. The van der Waals surface area contributed by atoms with Gasteiger partial charge in [0.05, 0.1) is 27.5 Å². The van der Waals surface area contributed by atoms with Crippen LogP contribution in [-0.2, 0) is 4.79 Å². The van der Waals surface area contributed by atoms with Crippen LogP contribution < -0.4 is 5.32 Å². The molecule has 0 saturated carbocycles. The second-order valence-electron chi connectivity index (χ2n) is 6.48. The largest absolute Gasteiger partial charge is 0.399 e. The second kappa shape index (κ2) is 10.1. The number of halogens is 9. The first-order valence-electron chi connectivity index (χ1n) is 8.58. The van der Waals surface area contributed by atoms with E-state index in [0.29, 0.717) is 11.3 Å². The molecular formula is C20H14Cl3F6NO. The summed E-state index contributed by atoms with van der Waals surface area (Å²) in [6.45, 7) is -0.525. The van der Waals surface area contributed by atoms with E-state index < -0.39 is 37.0 Å². The van der Waals surface area contributed by atoms with Crippen LogP contribution in [0, 0.1) is 0 Å². The number of carbonyl (C=O) groups is 1. The molecule has 0 aliphatic rings. The van der Waals surface area contributed by atoms with Crippen LogP contribution in [0.4, 0.5) is 32.0 Å². The Hall–Kier alpha value is -1.90. The number of carbonyl (C=O) groups excluding carboxylic acids is 1. The zero-order valence-corrected chi connectivity index (χ0v) is 17.7. The van der Waals surface area contributed by atoms with Crippen LogP contribution in [0.2, 0.25) is 15.1 Å². The van der Waals surface area contributed by atoms with Crippen LogP contribution in [0.25, 0.3) is 6.08 Å². The third-order valence-corrected chi connectivity index (χ3v) is 5.19. The molecule has 1 N–H and O–H groups in total. The summed E-state index contributed by atoms with van der Waals surface area (Å²) in [6.07, 6.45) is -8.60. The summed E-state index contributed by atoms with van der Waals surface area (Å²) in [6, 6.07) is 7.93. The topological polar surface area (TPSA) is 29.1 Å². The molecule has 0 aliphatic heterocycles. The van der Waals surface area contributed by atoms with Gasteiger partial charge in [-0.05, 0) is 35.4 Å². The third-order valence-electron chi connectivity index (χ3n) is 4.00. The van der Waals surface area contributed by atoms with Crippen molar-refractivity contribution < 1.29 is 31.1 Å². The summed E-state index contributed by atoms with van der Waals surface area (Å²) in [4.78, 5) is 11.2. The molecule has 0 aliphatic carbocycles. The number of ketones is 1. The number of anilines is 1. The van der Waals surface area contributed by atoms with Crippen LogP contribution in [0.3, 0.4) is 0 Å². The molecule has 0 heterocycles. The maximum absolute atomic E-state index is 13.5. The summed E-state index contributed by atoms with van der Waals surface area (Å²) in [5.41, 5.74) is 0.550. The Morgan fingerprint density at radius 3 is 2.00 bits per heavy atom. The highest BCUT2D eigenvalue weighted by atomic mass is 35.5. The molecule has 0 spiro atoms. The van der Waals surface area contributed by atoms with Crippen LogP contribution >= 0.6 is 34.8 Å². The summed E-state index contributed by atoms with van der Waals surface area (Å²) in [5, 5.41) is 2.27. The van der Waals surface area contributed by atoms with Gasteiger partial charge in [-0.1, -0.05) is 59.1 Å². The van der Waals surface area contributed by atoms with E-state index in [9.17, 15) is 31.1 Å². The Kier molecular flexibility index (Phi) is 8.30. The Balaban J connectivity index is 2.12. The summed E-state index contributed by atoms with van der Waals surface area (Å²) in [7, 11) is 0. The first-order chi connectivity index (χ1) is 14.3. The number of hydrogen-bond donors (Lipinski definition) is 1. The van der Waals surface area contributed by atoms with Crippen LogP contribution in [0.1, 0.15) is 23.5 Å². The average molecular weight is 505 g/mol. The van der Waals surface area contributed by atoms with Crippen molar-refractivity contribution in [2.45, 2.75) is 24.7 Å². The predicted octanol–water partition coefficient (Wildman–Crippen LogP) is 7.94. The van der Waals surface area contributed by atoms with E-state index in [-0.39, 0.29) is 20.6 Å². The van der Waals surface area contributed by atoms with Crippen molar-refractivity contribution in [2.75, 3.05) is 11.9 Å². The van der Waals surface area contributed by atoms with E-state index in [0.717, 1.165) is 18.2 Å². The molecule has 2 aromatic carbocycles. The van der Waals surface area contributed by atoms with Crippen molar-refractivity contribution in [3.05, 3.63) is 68.7 Å². The van der Waals surface area contributed by atoms with Gasteiger partial charge in [0, 0.05) is 5.69 Å². The molecule has 2 nitrogen and oxygen atoms in total. The Labute approximate surface area is 188 Å². The van der Waals surface area contributed by atoms with E-state index in [2.05, 4.69) is 5.32 Å². The number of alkyl halides is 6. The standard InChI is InChI=1S/C20H14Cl3F6NO/c21-16-7-12(8-17(22)18(16)23)15(20(27,28)29)6-3-11-1-4-13(5-2-11)30-10-14(31)9-19(24,25)26/h1-8,15,30H,9-10H2/b6-3+. The fraction of sp³-hybridized carbons (Fsp3) is 0.250. The molecule has 2 rings (SSSR count). The normalized spacial score (nSPS) is 13.5. The first-order valence-corrected chi connectivity index (χ1v) is 9.71. The van der Waals surface area contributed by atoms with Crippen LogP contribution in [0.5, 0.6) is 0 Å². The minimum absolute atomic E-state index is 0.0474. The van der Waals surface area contributed by atoms with Gasteiger partial charge in [-0.2, -0.15) is 26.3 Å². The highest BCUT2D eigenvalue weighted by molar-refractivity contribution is 6.48. The zero-order valence-electron chi connectivity index (χ0n) is 15.4. The quantitative estimate of drug-likeness (QED) is 0.306. The van der Waals surface area contributed by atoms with Crippen molar-refractivity contribution in [1.82, 2.24) is 0 Å². The molecule has 1 atom stereocenters. The molecule has 11 heteroatoms. The maximum atomic E-state index is 13.5. The molecule has 0 amide bonds. The molecule has 1 unspecified atom stereocenters. The average Bonchev–Trinajstić information content (AvgIpc) is 2.63. The van der Waals surface area contributed by atoms with Gasteiger partial charge in [0.15, 0.2) is 5.78 Å². The van der Waals surface area contributed by atoms with Gasteiger partial charge in [-0.25, -0.2) is 0 Å². The molecule has 0 aromatic heterocycles. The van der Waals surface area contributed by atoms with Gasteiger partial charge < -0.3 is 5.32 Å². The van der Waals surface area contributed by atoms with Crippen molar-refractivity contribution >= 4 is 52.3 Å². The third kappa shape index (κ3) is 7.94. The van der Waals surface area contributed by atoms with Gasteiger partial charge in [-0.3, -0.25) is 4.79 Å². The maximum Gasteiger partial charge on any atom is 0.399 e. The molecule has 0 fully saturated rings. The molecule has 31 heavy (non-hydrogen) atoms. The van der Waals surface area contributed by atoms with Gasteiger partial charge in [0.2, 0.25) is 0 Å². The molecule has 168 valence electrons. The predicted molar refractivity (Wildman–Crippen MR) is 110 cm³/mol. The number of benzene rings is 2. The first kappa shape index (κ1) is 25.4. The zero-order chi connectivity index (χ0) is 23.4. The SMILES string of the molecule is O=C(CNc1ccc(/C=C/C(c2cc(Cl)c(Cl)c(Cl)c2)C(F)(F)F)cc1)CC(F)(F)F. The summed E-state index contributed by atoms with van der Waals surface area (Å²) in [5.74, 6) is -3.04. The number of Topliss-reactive ketones (excluding diaryl/α,β-unsaturated/α-hetero) is 1. The minimum Gasteiger partial charge on any atom is -0.378 e. The second-order valence-corrected chi connectivity index (χ2v) is 7.68. The highest BCUT2D eigenvalue weighted by Gasteiger charge is 2.39. The lowest BCUT2D eigenvalue weighted by atomic mass is 9.97. The number of nitrogens with one attached hydrogen (secondary N) is 1.